The van der Waals surface area contributed by atoms with Crippen LogP contribution in [0.4, 0.5) is 0 Å². The van der Waals surface area contributed by atoms with Crippen LogP contribution in [-0.2, 0) is 9.53 Å². The van der Waals surface area contributed by atoms with Crippen LogP contribution in [0.25, 0.3) is 0 Å². The van der Waals surface area contributed by atoms with Gasteiger partial charge in [0.15, 0.2) is 0 Å². The van der Waals surface area contributed by atoms with Crippen molar-refractivity contribution in [2.75, 3.05) is 13.7 Å². The lowest BCUT2D eigenvalue weighted by Gasteiger charge is -2.29. The molecule has 1 atom stereocenters. The first-order chi connectivity index (χ1) is 6.31. The Balaban J connectivity index is 4.00. The highest BCUT2D eigenvalue weighted by atomic mass is 16.5. The molecule has 84 valence electrons. The third-order valence-corrected chi connectivity index (χ3v) is 3.00. The fourth-order valence-electron chi connectivity index (χ4n) is 0.770. The molecular weight excluding hydrogens is 178 g/mol. The van der Waals surface area contributed by atoms with Crippen molar-refractivity contribution < 1.29 is 9.53 Å². The first-order valence-corrected chi connectivity index (χ1v) is 5.11. The number of rotatable bonds is 5. The lowest BCUT2D eigenvalue weighted by molar-refractivity contribution is -0.130. The van der Waals surface area contributed by atoms with Crippen molar-refractivity contribution in [3.63, 3.8) is 0 Å². The highest BCUT2D eigenvalue weighted by molar-refractivity contribution is 5.80. The Hall–Kier alpha value is -0.570. The molecule has 0 heterocycles. The molecule has 3 heteroatoms. The molecule has 1 N–H and O–H groups in total. The van der Waals surface area contributed by atoms with Gasteiger partial charge in [-0.25, -0.2) is 0 Å². The van der Waals surface area contributed by atoms with E-state index in [4.69, 9.17) is 4.74 Å². The van der Waals surface area contributed by atoms with Gasteiger partial charge in [0.1, 0.15) is 6.10 Å². The molecule has 0 aromatic carbocycles. The quantitative estimate of drug-likeness (QED) is 0.737. The largest absolute Gasteiger partial charge is 0.372 e. The van der Waals surface area contributed by atoms with Gasteiger partial charge in [-0.3, -0.25) is 4.79 Å². The minimum atomic E-state index is -0.363. The van der Waals surface area contributed by atoms with Crippen molar-refractivity contribution in [3.8, 4) is 0 Å². The normalized spacial score (nSPS) is 14.2. The summed E-state index contributed by atoms with van der Waals surface area (Å²) in [4.78, 5) is 11.4. The third kappa shape index (κ3) is 4.09. The van der Waals surface area contributed by atoms with Gasteiger partial charge >= 0.3 is 0 Å². The maximum absolute atomic E-state index is 11.4. The zero-order chi connectivity index (χ0) is 11.4. The molecule has 0 bridgehead atoms. The monoisotopic (exact) mass is 201 g/mol. The predicted octanol–water partition coefficient (Wildman–Crippen LogP) is 1.82. The molecule has 0 aliphatic carbocycles. The number of hydrogen-bond acceptors (Lipinski definition) is 2. The maximum Gasteiger partial charge on any atom is 0.248 e. The van der Waals surface area contributed by atoms with Gasteiger partial charge in [0.05, 0.1) is 0 Å². The van der Waals surface area contributed by atoms with Crippen molar-refractivity contribution in [2.45, 2.75) is 40.7 Å². The Kier molecular flexibility index (Phi) is 5.13. The number of ether oxygens (including phenoxy) is 1. The predicted molar refractivity (Wildman–Crippen MR) is 58.1 cm³/mol. The van der Waals surface area contributed by atoms with E-state index in [1.165, 1.54) is 7.11 Å². The molecule has 0 aromatic rings. The molecule has 0 rings (SSSR count). The molecule has 1 amide bonds. The minimum absolute atomic E-state index is 0.0405. The van der Waals surface area contributed by atoms with E-state index in [2.05, 4.69) is 33.0 Å². The Labute approximate surface area is 87.2 Å². The van der Waals surface area contributed by atoms with E-state index in [1.807, 2.05) is 0 Å². The Morgan fingerprint density at radius 3 is 2.21 bits per heavy atom. The van der Waals surface area contributed by atoms with Crippen LogP contribution < -0.4 is 5.32 Å². The van der Waals surface area contributed by atoms with E-state index in [0.29, 0.717) is 12.5 Å². The number of carbonyl (C=O) groups excluding carboxylic acids is 1. The third-order valence-electron chi connectivity index (χ3n) is 3.00. The van der Waals surface area contributed by atoms with Gasteiger partial charge in [0, 0.05) is 13.7 Å². The Morgan fingerprint density at radius 2 is 1.86 bits per heavy atom. The van der Waals surface area contributed by atoms with E-state index in [0.717, 1.165) is 0 Å². The summed E-state index contributed by atoms with van der Waals surface area (Å²) in [5.74, 6) is 0.502. The van der Waals surface area contributed by atoms with Gasteiger partial charge < -0.3 is 10.1 Å². The van der Waals surface area contributed by atoms with E-state index in [-0.39, 0.29) is 17.4 Å². The summed E-state index contributed by atoms with van der Waals surface area (Å²) in [6, 6.07) is 0. The highest BCUT2D eigenvalue weighted by Gasteiger charge is 2.23. The molecule has 0 aromatic heterocycles. The molecule has 0 saturated heterocycles. The maximum atomic E-state index is 11.4. The smallest absolute Gasteiger partial charge is 0.248 e. The molecule has 0 aliphatic heterocycles. The number of nitrogens with one attached hydrogen (secondary N) is 1. The summed E-state index contributed by atoms with van der Waals surface area (Å²) in [5.41, 5.74) is 0.128. The molecule has 0 spiro atoms. The van der Waals surface area contributed by atoms with Gasteiger partial charge in [-0.2, -0.15) is 0 Å². The second kappa shape index (κ2) is 5.35. The first kappa shape index (κ1) is 13.4. The molecule has 0 aliphatic rings. The van der Waals surface area contributed by atoms with Gasteiger partial charge in [0.2, 0.25) is 5.91 Å². The summed E-state index contributed by atoms with van der Waals surface area (Å²) in [6.45, 7) is 11.1. The van der Waals surface area contributed by atoms with Crippen LogP contribution in [0.15, 0.2) is 0 Å². The standard InChI is InChI=1S/C11H23NO2/c1-8(2)11(4,5)7-12-10(13)9(3)14-6/h8-9H,7H2,1-6H3,(H,12,13). The molecule has 0 radical (unpaired) electrons. The summed E-state index contributed by atoms with van der Waals surface area (Å²) < 4.78 is 4.93. The summed E-state index contributed by atoms with van der Waals surface area (Å²) in [7, 11) is 1.54. The van der Waals surface area contributed by atoms with Gasteiger partial charge in [0.25, 0.3) is 0 Å². The number of hydrogen-bond donors (Lipinski definition) is 1. The fraction of sp³-hybridized carbons (Fsp3) is 0.909. The van der Waals surface area contributed by atoms with Crippen molar-refractivity contribution in [1.82, 2.24) is 5.32 Å². The van der Waals surface area contributed by atoms with Crippen LogP contribution in [0, 0.1) is 11.3 Å². The van der Waals surface area contributed by atoms with Crippen LogP contribution in [0.2, 0.25) is 0 Å². The van der Waals surface area contributed by atoms with Crippen LogP contribution in [0.5, 0.6) is 0 Å². The number of carbonyl (C=O) groups is 1. The van der Waals surface area contributed by atoms with Crippen molar-refractivity contribution in [1.29, 1.82) is 0 Å². The Bertz CT molecular complexity index is 188. The van der Waals surface area contributed by atoms with Gasteiger partial charge in [-0.1, -0.05) is 27.7 Å². The van der Waals surface area contributed by atoms with Crippen molar-refractivity contribution in [3.05, 3.63) is 0 Å². The summed E-state index contributed by atoms with van der Waals surface area (Å²) in [5, 5.41) is 2.89. The SMILES string of the molecule is COC(C)C(=O)NCC(C)(C)C(C)C. The number of amides is 1. The molecule has 0 saturated carbocycles. The highest BCUT2D eigenvalue weighted by Crippen LogP contribution is 2.24. The topological polar surface area (TPSA) is 38.3 Å². The molecule has 3 nitrogen and oxygen atoms in total. The molecule has 0 fully saturated rings. The van der Waals surface area contributed by atoms with Crippen LogP contribution in [0.3, 0.4) is 0 Å². The molecule has 1 unspecified atom stereocenters. The first-order valence-electron chi connectivity index (χ1n) is 5.11. The average molecular weight is 201 g/mol. The Morgan fingerprint density at radius 1 is 1.36 bits per heavy atom. The zero-order valence-electron chi connectivity index (χ0n) is 10.2. The van der Waals surface area contributed by atoms with Gasteiger partial charge in [-0.15, -0.1) is 0 Å². The lowest BCUT2D eigenvalue weighted by Crippen LogP contribution is -2.41. The van der Waals surface area contributed by atoms with Crippen LogP contribution in [-0.4, -0.2) is 25.7 Å². The average Bonchev–Trinajstić information content (AvgIpc) is 2.12. The van der Waals surface area contributed by atoms with Crippen LogP contribution in [0.1, 0.15) is 34.6 Å². The summed E-state index contributed by atoms with van der Waals surface area (Å²) in [6.07, 6.45) is -0.363. The number of methoxy groups -OCH3 is 1. The van der Waals surface area contributed by atoms with E-state index < -0.39 is 0 Å². The van der Waals surface area contributed by atoms with Crippen LogP contribution >= 0.6 is 0 Å². The minimum Gasteiger partial charge on any atom is -0.372 e. The lowest BCUT2D eigenvalue weighted by atomic mass is 9.81. The van der Waals surface area contributed by atoms with Crippen molar-refractivity contribution in [2.24, 2.45) is 11.3 Å². The van der Waals surface area contributed by atoms with Gasteiger partial charge in [-0.05, 0) is 18.3 Å². The second-order valence-corrected chi connectivity index (χ2v) is 4.74. The summed E-state index contributed by atoms with van der Waals surface area (Å²) >= 11 is 0. The van der Waals surface area contributed by atoms with E-state index >= 15 is 0 Å². The van der Waals surface area contributed by atoms with Crippen molar-refractivity contribution >= 4 is 5.91 Å². The fourth-order valence-corrected chi connectivity index (χ4v) is 0.770. The second-order valence-electron chi connectivity index (χ2n) is 4.74. The molecular formula is C11H23NO2. The zero-order valence-corrected chi connectivity index (χ0v) is 10.2. The van der Waals surface area contributed by atoms with E-state index in [9.17, 15) is 4.79 Å². The molecule has 14 heavy (non-hydrogen) atoms. The van der Waals surface area contributed by atoms with E-state index in [1.54, 1.807) is 6.92 Å².